The molecule has 6 heteroatoms. The summed E-state index contributed by atoms with van der Waals surface area (Å²) >= 11 is 0. The molecule has 0 heterocycles. The second kappa shape index (κ2) is 8.03. The Bertz CT molecular complexity index is 976. The molecular formula is C21H20F2N2O2. The Labute approximate surface area is 156 Å². The van der Waals surface area contributed by atoms with Crippen molar-refractivity contribution >= 4 is 16.8 Å². The number of carbonyl (C=O) groups is 1. The van der Waals surface area contributed by atoms with Crippen molar-refractivity contribution in [2.75, 3.05) is 7.11 Å². The second-order valence-corrected chi connectivity index (χ2v) is 6.26. The van der Waals surface area contributed by atoms with Crippen molar-refractivity contribution in [3.63, 3.8) is 0 Å². The van der Waals surface area contributed by atoms with Crippen LogP contribution >= 0.6 is 0 Å². The van der Waals surface area contributed by atoms with Crippen molar-refractivity contribution in [2.45, 2.75) is 19.5 Å². The van der Waals surface area contributed by atoms with E-state index in [1.165, 1.54) is 12.1 Å². The normalized spacial score (nSPS) is 11.9. The summed E-state index contributed by atoms with van der Waals surface area (Å²) in [7, 11) is 1.62. The van der Waals surface area contributed by atoms with Crippen molar-refractivity contribution in [1.29, 1.82) is 0 Å². The number of methoxy groups -OCH3 is 1. The van der Waals surface area contributed by atoms with E-state index in [1.807, 2.05) is 36.4 Å². The summed E-state index contributed by atoms with van der Waals surface area (Å²) in [5.74, 6) is -0.552. The van der Waals surface area contributed by atoms with E-state index in [4.69, 9.17) is 4.74 Å². The minimum absolute atomic E-state index is 0.228. The summed E-state index contributed by atoms with van der Waals surface area (Å²) in [6, 6.07) is 13.9. The Balaban J connectivity index is 1.60. The summed E-state index contributed by atoms with van der Waals surface area (Å²) in [5.41, 5.74) is 1.16. The highest BCUT2D eigenvalue weighted by atomic mass is 19.1. The first kappa shape index (κ1) is 18.6. The molecule has 3 rings (SSSR count). The summed E-state index contributed by atoms with van der Waals surface area (Å²) < 4.78 is 32.0. The Morgan fingerprint density at radius 1 is 1.04 bits per heavy atom. The molecule has 0 fully saturated rings. The summed E-state index contributed by atoms with van der Waals surface area (Å²) in [4.78, 5) is 12.1. The third kappa shape index (κ3) is 4.53. The number of halogens is 2. The first-order valence-corrected chi connectivity index (χ1v) is 8.52. The molecule has 2 N–H and O–H groups in total. The molecule has 0 radical (unpaired) electrons. The molecule has 0 aliphatic rings. The number of ether oxygens (including phenoxy) is 1. The molecule has 3 aromatic carbocycles. The average Bonchev–Trinajstić information content (AvgIpc) is 2.65. The van der Waals surface area contributed by atoms with Crippen molar-refractivity contribution in [1.82, 2.24) is 10.6 Å². The van der Waals surface area contributed by atoms with E-state index < -0.39 is 23.7 Å². The van der Waals surface area contributed by atoms with E-state index in [0.717, 1.165) is 28.2 Å². The van der Waals surface area contributed by atoms with Crippen LogP contribution in [0.3, 0.4) is 0 Å². The zero-order chi connectivity index (χ0) is 19.4. The van der Waals surface area contributed by atoms with Gasteiger partial charge in [0.15, 0.2) is 0 Å². The Kier molecular flexibility index (Phi) is 5.54. The van der Waals surface area contributed by atoms with Gasteiger partial charge in [-0.1, -0.05) is 24.3 Å². The van der Waals surface area contributed by atoms with Gasteiger partial charge >= 0.3 is 6.03 Å². The standard InChI is InChI=1S/C21H20F2N2O2/c1-13(19-8-6-17(22)11-20(19)23)25-21(26)24-12-14-3-4-16-10-18(27-2)7-5-15(16)9-14/h3-11,13H,12H2,1-2H3,(H2,24,25,26)/t13-/m1/s1. The van der Waals surface area contributed by atoms with Gasteiger partial charge in [0.1, 0.15) is 17.4 Å². The molecule has 0 saturated carbocycles. The molecule has 0 unspecified atom stereocenters. The van der Waals surface area contributed by atoms with Crippen molar-refractivity contribution < 1.29 is 18.3 Å². The van der Waals surface area contributed by atoms with Crippen LogP contribution in [0.25, 0.3) is 10.8 Å². The van der Waals surface area contributed by atoms with Gasteiger partial charge in [0, 0.05) is 18.2 Å². The van der Waals surface area contributed by atoms with E-state index >= 15 is 0 Å². The highest BCUT2D eigenvalue weighted by Gasteiger charge is 2.14. The maximum atomic E-state index is 13.8. The van der Waals surface area contributed by atoms with Crippen LogP contribution in [0.5, 0.6) is 5.75 Å². The SMILES string of the molecule is COc1ccc2cc(CNC(=O)N[C@H](C)c3ccc(F)cc3F)ccc2c1. The fraction of sp³-hybridized carbons (Fsp3) is 0.190. The van der Waals surface area contributed by atoms with Gasteiger partial charge in [-0.25, -0.2) is 13.6 Å². The number of hydrogen-bond donors (Lipinski definition) is 2. The van der Waals surface area contributed by atoms with Crippen LogP contribution in [0, 0.1) is 11.6 Å². The van der Waals surface area contributed by atoms with Crippen molar-refractivity contribution in [2.24, 2.45) is 0 Å². The third-order valence-corrected chi connectivity index (χ3v) is 4.34. The molecule has 2 amide bonds. The first-order valence-electron chi connectivity index (χ1n) is 8.52. The molecule has 1 atom stereocenters. The minimum atomic E-state index is -0.687. The maximum Gasteiger partial charge on any atom is 0.315 e. The molecule has 4 nitrogen and oxygen atoms in total. The average molecular weight is 370 g/mol. The van der Waals surface area contributed by atoms with Crippen LogP contribution in [-0.2, 0) is 6.54 Å². The molecule has 3 aromatic rings. The number of rotatable bonds is 5. The Morgan fingerprint density at radius 3 is 2.52 bits per heavy atom. The van der Waals surface area contributed by atoms with Crippen LogP contribution in [0.1, 0.15) is 24.1 Å². The van der Waals surface area contributed by atoms with Gasteiger partial charge in [-0.3, -0.25) is 0 Å². The number of urea groups is 1. The van der Waals surface area contributed by atoms with E-state index in [1.54, 1.807) is 14.0 Å². The zero-order valence-corrected chi connectivity index (χ0v) is 15.1. The lowest BCUT2D eigenvalue weighted by Crippen LogP contribution is -2.36. The lowest BCUT2D eigenvalue weighted by Gasteiger charge is -2.16. The summed E-state index contributed by atoms with van der Waals surface area (Å²) in [6.07, 6.45) is 0. The summed E-state index contributed by atoms with van der Waals surface area (Å²) in [6.45, 7) is 1.96. The number of nitrogens with one attached hydrogen (secondary N) is 2. The van der Waals surface area contributed by atoms with Crippen LogP contribution in [0.2, 0.25) is 0 Å². The molecule has 0 bridgehead atoms. The van der Waals surface area contributed by atoms with Gasteiger partial charge in [0.05, 0.1) is 13.2 Å². The molecule has 0 aliphatic carbocycles. The summed E-state index contributed by atoms with van der Waals surface area (Å²) in [5, 5.41) is 7.48. The highest BCUT2D eigenvalue weighted by Crippen LogP contribution is 2.22. The van der Waals surface area contributed by atoms with E-state index in [0.29, 0.717) is 6.54 Å². The van der Waals surface area contributed by atoms with Gasteiger partial charge in [0.25, 0.3) is 0 Å². The van der Waals surface area contributed by atoms with E-state index in [9.17, 15) is 13.6 Å². The number of amides is 2. The molecule has 0 aliphatic heterocycles. The quantitative estimate of drug-likeness (QED) is 0.685. The first-order chi connectivity index (χ1) is 13.0. The van der Waals surface area contributed by atoms with E-state index in [2.05, 4.69) is 10.6 Å². The monoisotopic (exact) mass is 370 g/mol. The second-order valence-electron chi connectivity index (χ2n) is 6.26. The van der Waals surface area contributed by atoms with Crippen molar-refractivity contribution in [3.05, 3.63) is 77.4 Å². The largest absolute Gasteiger partial charge is 0.497 e. The predicted octanol–water partition coefficient (Wildman–Crippen LogP) is 4.69. The number of carbonyl (C=O) groups excluding carboxylic acids is 1. The molecule has 140 valence electrons. The van der Waals surface area contributed by atoms with Gasteiger partial charge in [-0.05, 0) is 47.5 Å². The third-order valence-electron chi connectivity index (χ3n) is 4.34. The Hall–Kier alpha value is -3.15. The van der Waals surface area contributed by atoms with Gasteiger partial charge in [-0.2, -0.15) is 0 Å². The van der Waals surface area contributed by atoms with Crippen LogP contribution in [0.4, 0.5) is 13.6 Å². The zero-order valence-electron chi connectivity index (χ0n) is 15.1. The van der Waals surface area contributed by atoms with Crippen LogP contribution in [0.15, 0.2) is 54.6 Å². The molecule has 0 spiro atoms. The number of hydrogen-bond acceptors (Lipinski definition) is 2. The van der Waals surface area contributed by atoms with Crippen molar-refractivity contribution in [3.8, 4) is 5.75 Å². The van der Waals surface area contributed by atoms with Crippen LogP contribution in [-0.4, -0.2) is 13.1 Å². The van der Waals surface area contributed by atoms with Crippen LogP contribution < -0.4 is 15.4 Å². The number of benzene rings is 3. The lowest BCUT2D eigenvalue weighted by atomic mass is 10.1. The van der Waals surface area contributed by atoms with Gasteiger partial charge in [-0.15, -0.1) is 0 Å². The molecule has 27 heavy (non-hydrogen) atoms. The smallest absolute Gasteiger partial charge is 0.315 e. The van der Waals surface area contributed by atoms with Gasteiger partial charge < -0.3 is 15.4 Å². The fourth-order valence-corrected chi connectivity index (χ4v) is 2.87. The molecule has 0 aromatic heterocycles. The highest BCUT2D eigenvalue weighted by molar-refractivity contribution is 5.84. The molecular weight excluding hydrogens is 350 g/mol. The maximum absolute atomic E-state index is 13.8. The molecule has 0 saturated heterocycles. The topological polar surface area (TPSA) is 50.4 Å². The van der Waals surface area contributed by atoms with E-state index in [-0.39, 0.29) is 5.56 Å². The minimum Gasteiger partial charge on any atom is -0.497 e. The predicted molar refractivity (Wildman–Crippen MR) is 101 cm³/mol. The number of fused-ring (bicyclic) bond motifs is 1. The Morgan fingerprint density at radius 2 is 1.78 bits per heavy atom. The fourth-order valence-electron chi connectivity index (χ4n) is 2.87. The van der Waals surface area contributed by atoms with Gasteiger partial charge in [0.2, 0.25) is 0 Å². The lowest BCUT2D eigenvalue weighted by molar-refractivity contribution is 0.237.